The average molecular weight is 348 g/mol. The fraction of sp³-hybridized carbons (Fsp3) is 0.538. The molecule has 0 atom stereocenters. The monoisotopic (exact) mass is 348 g/mol. The smallest absolute Gasteiger partial charge is 0.284 e. The zero-order valence-electron chi connectivity index (χ0n) is 13.1. The second-order valence-electron chi connectivity index (χ2n) is 6.20. The molecule has 2 N–H and O–H groups in total. The van der Waals surface area contributed by atoms with E-state index in [2.05, 4.69) is 20.1 Å². The van der Waals surface area contributed by atoms with E-state index < -0.39 is 27.9 Å². The molecule has 0 amide bonds. The Hall–Kier alpha value is -1.97. The minimum absolute atomic E-state index is 0.196. The standard InChI is InChI=1S/C13H18F2N4O3S/c1-7-10(11(12(14)15)17-16-7)19-23(20,21)6-8-5-9(22-18-8)13(2,3)4/h5,12,19H,6H2,1-4H3,(H,16,17). The lowest BCUT2D eigenvalue weighted by Crippen LogP contribution is -2.16. The van der Waals surface area contributed by atoms with Gasteiger partial charge < -0.3 is 4.52 Å². The fourth-order valence-electron chi connectivity index (χ4n) is 1.85. The van der Waals surface area contributed by atoms with Crippen LogP contribution >= 0.6 is 0 Å². The largest absolute Gasteiger partial charge is 0.361 e. The Balaban J connectivity index is 2.20. The van der Waals surface area contributed by atoms with E-state index in [4.69, 9.17) is 4.52 Å². The summed E-state index contributed by atoms with van der Waals surface area (Å²) in [6.45, 7) is 7.14. The highest BCUT2D eigenvalue weighted by Gasteiger charge is 2.25. The molecule has 0 fully saturated rings. The Labute approximate surface area is 132 Å². The molecule has 0 saturated carbocycles. The lowest BCUT2D eigenvalue weighted by molar-refractivity contribution is 0.147. The van der Waals surface area contributed by atoms with E-state index in [0.717, 1.165) is 0 Å². The van der Waals surface area contributed by atoms with Crippen LogP contribution in [-0.4, -0.2) is 23.8 Å². The molecule has 23 heavy (non-hydrogen) atoms. The summed E-state index contributed by atoms with van der Waals surface area (Å²) in [5.74, 6) is 0.0512. The van der Waals surface area contributed by atoms with Crippen LogP contribution in [0.1, 0.15) is 50.0 Å². The lowest BCUT2D eigenvalue weighted by atomic mass is 9.93. The summed E-state index contributed by atoms with van der Waals surface area (Å²) in [6, 6.07) is 1.54. The van der Waals surface area contributed by atoms with Gasteiger partial charge >= 0.3 is 0 Å². The van der Waals surface area contributed by atoms with Crippen LogP contribution in [0.3, 0.4) is 0 Å². The van der Waals surface area contributed by atoms with Crippen molar-refractivity contribution >= 4 is 15.7 Å². The maximum absolute atomic E-state index is 12.8. The molecule has 128 valence electrons. The van der Waals surface area contributed by atoms with Gasteiger partial charge in [-0.05, 0) is 6.92 Å². The quantitative estimate of drug-likeness (QED) is 0.865. The van der Waals surface area contributed by atoms with E-state index >= 15 is 0 Å². The third-order valence-electron chi connectivity index (χ3n) is 3.08. The molecule has 7 nitrogen and oxygen atoms in total. The van der Waals surface area contributed by atoms with Gasteiger partial charge in [0.25, 0.3) is 6.43 Å². The van der Waals surface area contributed by atoms with Crippen LogP contribution < -0.4 is 4.72 Å². The Morgan fingerprint density at radius 3 is 2.57 bits per heavy atom. The molecular formula is C13H18F2N4O3S. The fourth-order valence-corrected chi connectivity index (χ4v) is 3.02. The summed E-state index contributed by atoms with van der Waals surface area (Å²) in [5.41, 5.74) is -0.783. The highest BCUT2D eigenvalue weighted by atomic mass is 32.2. The second kappa shape index (κ2) is 5.91. The molecule has 2 rings (SSSR count). The number of aromatic amines is 1. The van der Waals surface area contributed by atoms with E-state index in [0.29, 0.717) is 5.76 Å². The van der Waals surface area contributed by atoms with Crippen LogP contribution in [0.4, 0.5) is 14.5 Å². The predicted molar refractivity (Wildman–Crippen MR) is 79.7 cm³/mol. The van der Waals surface area contributed by atoms with Gasteiger partial charge in [0, 0.05) is 11.5 Å². The second-order valence-corrected chi connectivity index (χ2v) is 7.93. The highest BCUT2D eigenvalue weighted by Crippen LogP contribution is 2.29. The van der Waals surface area contributed by atoms with Gasteiger partial charge in [0.2, 0.25) is 10.0 Å². The maximum Gasteiger partial charge on any atom is 0.284 e. The van der Waals surface area contributed by atoms with Gasteiger partial charge in [-0.1, -0.05) is 25.9 Å². The molecule has 0 bridgehead atoms. The number of nitrogens with zero attached hydrogens (tertiary/aromatic N) is 2. The number of sulfonamides is 1. The first-order chi connectivity index (χ1) is 10.5. The van der Waals surface area contributed by atoms with Gasteiger partial charge in [-0.2, -0.15) is 5.10 Å². The van der Waals surface area contributed by atoms with Crippen molar-refractivity contribution in [1.82, 2.24) is 15.4 Å². The van der Waals surface area contributed by atoms with Crippen molar-refractivity contribution in [3.63, 3.8) is 0 Å². The molecule has 0 aliphatic heterocycles. The van der Waals surface area contributed by atoms with E-state index in [1.165, 1.54) is 13.0 Å². The first-order valence-electron chi connectivity index (χ1n) is 6.79. The number of alkyl halides is 2. The van der Waals surface area contributed by atoms with Crippen LogP contribution in [-0.2, 0) is 21.2 Å². The predicted octanol–water partition coefficient (Wildman–Crippen LogP) is 2.88. The average Bonchev–Trinajstić information content (AvgIpc) is 2.96. The summed E-state index contributed by atoms with van der Waals surface area (Å²) in [4.78, 5) is 0. The Morgan fingerprint density at radius 1 is 1.39 bits per heavy atom. The first-order valence-corrected chi connectivity index (χ1v) is 8.44. The number of hydrogen-bond acceptors (Lipinski definition) is 5. The number of H-pyrrole nitrogens is 1. The topological polar surface area (TPSA) is 101 Å². The van der Waals surface area contributed by atoms with E-state index in [9.17, 15) is 17.2 Å². The van der Waals surface area contributed by atoms with Gasteiger partial charge in [0.05, 0.1) is 11.4 Å². The Morgan fingerprint density at radius 2 is 2.04 bits per heavy atom. The summed E-state index contributed by atoms with van der Waals surface area (Å²) >= 11 is 0. The number of nitrogens with one attached hydrogen (secondary N) is 2. The Kier molecular flexibility index (Phi) is 4.47. The van der Waals surface area contributed by atoms with E-state index in [1.54, 1.807) is 0 Å². The third-order valence-corrected chi connectivity index (χ3v) is 4.27. The molecule has 2 aromatic heterocycles. The molecule has 0 spiro atoms. The zero-order valence-corrected chi connectivity index (χ0v) is 14.0. The van der Waals surface area contributed by atoms with Gasteiger partial charge in [0.1, 0.15) is 17.2 Å². The number of rotatable bonds is 5. The summed E-state index contributed by atoms with van der Waals surface area (Å²) in [6.07, 6.45) is -2.89. The molecule has 0 saturated heterocycles. The molecule has 0 unspecified atom stereocenters. The first kappa shape index (κ1) is 17.4. The minimum Gasteiger partial charge on any atom is -0.361 e. The van der Waals surface area contributed by atoms with Crippen LogP contribution in [0.15, 0.2) is 10.6 Å². The lowest BCUT2D eigenvalue weighted by Gasteiger charge is -2.12. The van der Waals surface area contributed by atoms with Gasteiger partial charge in [-0.15, -0.1) is 0 Å². The minimum atomic E-state index is -3.93. The summed E-state index contributed by atoms with van der Waals surface area (Å²) in [7, 11) is -3.93. The van der Waals surface area contributed by atoms with Crippen molar-refractivity contribution in [3.8, 4) is 0 Å². The van der Waals surface area contributed by atoms with Crippen molar-refractivity contribution in [1.29, 1.82) is 0 Å². The van der Waals surface area contributed by atoms with Gasteiger partial charge in [-0.3, -0.25) is 9.82 Å². The molecular weight excluding hydrogens is 330 g/mol. The van der Waals surface area contributed by atoms with Crippen LogP contribution in [0.2, 0.25) is 0 Å². The SMILES string of the molecule is Cc1[nH]nc(C(F)F)c1NS(=O)(=O)Cc1cc(C(C)(C)C)on1. The third kappa shape index (κ3) is 4.06. The maximum atomic E-state index is 12.8. The van der Waals surface area contributed by atoms with E-state index in [-0.39, 0.29) is 22.5 Å². The van der Waals surface area contributed by atoms with E-state index in [1.807, 2.05) is 20.8 Å². The summed E-state index contributed by atoms with van der Waals surface area (Å²) in [5, 5.41) is 9.46. The van der Waals surface area contributed by atoms with Gasteiger partial charge in [-0.25, -0.2) is 17.2 Å². The van der Waals surface area contributed by atoms with Crippen LogP contribution in [0.5, 0.6) is 0 Å². The van der Waals surface area contributed by atoms with Crippen molar-refractivity contribution < 1.29 is 21.7 Å². The van der Waals surface area contributed by atoms with Crippen molar-refractivity contribution in [2.24, 2.45) is 0 Å². The number of anilines is 1. The number of halogens is 2. The molecule has 0 radical (unpaired) electrons. The molecule has 0 aliphatic rings. The molecule has 0 aliphatic carbocycles. The zero-order chi connectivity index (χ0) is 17.4. The normalized spacial score (nSPS) is 12.8. The summed E-state index contributed by atoms with van der Waals surface area (Å²) < 4.78 is 57.3. The molecule has 0 aromatic carbocycles. The number of hydrogen-bond donors (Lipinski definition) is 2. The van der Waals surface area contributed by atoms with Gasteiger partial charge in [0.15, 0.2) is 5.69 Å². The molecule has 2 aromatic rings. The number of aryl methyl sites for hydroxylation is 1. The highest BCUT2D eigenvalue weighted by molar-refractivity contribution is 7.91. The Bertz CT molecular complexity index is 790. The number of aromatic nitrogens is 3. The van der Waals surface area contributed by atoms with Crippen molar-refractivity contribution in [2.45, 2.75) is 45.3 Å². The van der Waals surface area contributed by atoms with Crippen molar-refractivity contribution in [3.05, 3.63) is 28.9 Å². The van der Waals surface area contributed by atoms with Crippen LogP contribution in [0.25, 0.3) is 0 Å². The van der Waals surface area contributed by atoms with Crippen LogP contribution in [0, 0.1) is 6.92 Å². The van der Waals surface area contributed by atoms with Crippen molar-refractivity contribution in [2.75, 3.05) is 4.72 Å². The molecule has 2 heterocycles. The molecule has 10 heteroatoms.